The Kier molecular flexibility index (Phi) is 5.43. The predicted molar refractivity (Wildman–Crippen MR) is 79.8 cm³/mol. The number of hydrogen-bond acceptors (Lipinski definition) is 2. The first-order valence-corrected chi connectivity index (χ1v) is 6.72. The molecule has 2 aromatic rings. The first-order chi connectivity index (χ1) is 10.6. The average Bonchev–Trinajstić information content (AvgIpc) is 2.53. The molecule has 0 radical (unpaired) electrons. The zero-order chi connectivity index (χ0) is 15.9. The summed E-state index contributed by atoms with van der Waals surface area (Å²) >= 11 is 0. The highest BCUT2D eigenvalue weighted by atomic mass is 19.3. The lowest BCUT2D eigenvalue weighted by atomic mass is 10.1. The number of halogens is 2. The highest BCUT2D eigenvalue weighted by molar-refractivity contribution is 5.89. The first kappa shape index (κ1) is 15.9. The number of rotatable bonds is 5. The van der Waals surface area contributed by atoms with Crippen molar-refractivity contribution >= 4 is 11.7 Å². The van der Waals surface area contributed by atoms with Crippen molar-refractivity contribution in [2.24, 2.45) is 0 Å². The summed E-state index contributed by atoms with van der Waals surface area (Å²) in [4.78, 5) is 11.7. The molecule has 0 aliphatic heterocycles. The average molecular weight is 306 g/mol. The van der Waals surface area contributed by atoms with Gasteiger partial charge in [0.15, 0.2) is 0 Å². The van der Waals surface area contributed by atoms with Crippen molar-refractivity contribution < 1.29 is 18.7 Å². The van der Waals surface area contributed by atoms with E-state index in [0.717, 1.165) is 0 Å². The second-order valence-electron chi connectivity index (χ2n) is 4.69. The largest absolute Gasteiger partial charge is 0.387 e. The molecule has 0 aliphatic carbocycles. The molecule has 0 aromatic heterocycles. The molecule has 0 saturated heterocycles. The molecule has 4 nitrogen and oxygen atoms in total. The molecule has 0 saturated carbocycles. The third-order valence-corrected chi connectivity index (χ3v) is 3.04. The molecule has 0 fully saturated rings. The fourth-order valence-corrected chi connectivity index (χ4v) is 1.91. The van der Waals surface area contributed by atoms with Gasteiger partial charge in [-0.25, -0.2) is 13.6 Å². The van der Waals surface area contributed by atoms with Crippen LogP contribution in [0.2, 0.25) is 0 Å². The molecule has 1 atom stereocenters. The quantitative estimate of drug-likeness (QED) is 0.792. The summed E-state index contributed by atoms with van der Waals surface area (Å²) < 4.78 is 25.1. The van der Waals surface area contributed by atoms with Crippen molar-refractivity contribution in [3.05, 3.63) is 65.7 Å². The Balaban J connectivity index is 1.87. The fraction of sp³-hybridized carbons (Fsp3) is 0.188. The van der Waals surface area contributed by atoms with E-state index in [2.05, 4.69) is 10.6 Å². The maximum atomic E-state index is 12.6. The van der Waals surface area contributed by atoms with Crippen LogP contribution in [0.1, 0.15) is 23.7 Å². The third kappa shape index (κ3) is 4.53. The Morgan fingerprint density at radius 2 is 1.73 bits per heavy atom. The molecular formula is C16H16F2N2O2. The number of alkyl halides is 2. The molecule has 0 heterocycles. The maximum Gasteiger partial charge on any atom is 0.319 e. The van der Waals surface area contributed by atoms with Crippen LogP contribution in [0.25, 0.3) is 0 Å². The number of amides is 2. The second kappa shape index (κ2) is 7.51. The van der Waals surface area contributed by atoms with Gasteiger partial charge in [-0.05, 0) is 17.7 Å². The smallest absolute Gasteiger partial charge is 0.319 e. The number of hydrogen-bond donors (Lipinski definition) is 3. The molecule has 0 bridgehead atoms. The molecule has 1 unspecified atom stereocenters. The molecule has 0 spiro atoms. The number of aliphatic hydroxyl groups is 1. The number of carbonyl (C=O) groups excluding carboxylic acids is 1. The van der Waals surface area contributed by atoms with Gasteiger partial charge in [0.05, 0.1) is 6.10 Å². The summed E-state index contributed by atoms with van der Waals surface area (Å²) in [6.45, 7) is 0.0182. The number of urea groups is 1. The third-order valence-electron chi connectivity index (χ3n) is 3.04. The molecule has 2 aromatic carbocycles. The SMILES string of the molecule is O=C(NCC(O)c1ccccc1)Nc1cccc(C(F)F)c1. The van der Waals surface area contributed by atoms with Crippen LogP contribution in [0.5, 0.6) is 0 Å². The van der Waals surface area contributed by atoms with E-state index in [-0.39, 0.29) is 17.8 Å². The second-order valence-corrected chi connectivity index (χ2v) is 4.69. The standard InChI is InChI=1S/C16H16F2N2O2/c17-15(18)12-7-4-8-13(9-12)20-16(22)19-10-14(21)11-5-2-1-3-6-11/h1-9,14-15,21H,10H2,(H2,19,20,22). The van der Waals surface area contributed by atoms with Crippen LogP contribution >= 0.6 is 0 Å². The Labute approximate surface area is 126 Å². The van der Waals surface area contributed by atoms with E-state index in [9.17, 15) is 18.7 Å². The van der Waals surface area contributed by atoms with Gasteiger partial charge in [0, 0.05) is 17.8 Å². The van der Waals surface area contributed by atoms with E-state index in [1.165, 1.54) is 24.3 Å². The lowest BCUT2D eigenvalue weighted by Gasteiger charge is -2.13. The fourth-order valence-electron chi connectivity index (χ4n) is 1.91. The minimum absolute atomic E-state index is 0.0182. The Bertz CT molecular complexity index is 621. The summed E-state index contributed by atoms with van der Waals surface area (Å²) in [5.41, 5.74) is 0.786. The molecule has 0 aliphatic rings. The minimum Gasteiger partial charge on any atom is -0.387 e. The summed E-state index contributed by atoms with van der Waals surface area (Å²) in [5.74, 6) is 0. The van der Waals surface area contributed by atoms with Gasteiger partial charge in [0.1, 0.15) is 0 Å². The van der Waals surface area contributed by atoms with Gasteiger partial charge < -0.3 is 15.7 Å². The molecule has 2 rings (SSSR count). The zero-order valence-corrected chi connectivity index (χ0v) is 11.7. The van der Waals surface area contributed by atoms with E-state index in [0.29, 0.717) is 5.56 Å². The lowest BCUT2D eigenvalue weighted by Crippen LogP contribution is -2.32. The monoisotopic (exact) mass is 306 g/mol. The van der Waals surface area contributed by atoms with E-state index >= 15 is 0 Å². The number of anilines is 1. The highest BCUT2D eigenvalue weighted by Crippen LogP contribution is 2.21. The first-order valence-electron chi connectivity index (χ1n) is 6.72. The van der Waals surface area contributed by atoms with Crippen molar-refractivity contribution in [3.8, 4) is 0 Å². The normalized spacial score (nSPS) is 12.0. The van der Waals surface area contributed by atoms with E-state index in [1.807, 2.05) is 6.07 Å². The Hall–Kier alpha value is -2.47. The summed E-state index contributed by atoms with van der Waals surface area (Å²) in [5, 5.41) is 14.9. The Morgan fingerprint density at radius 1 is 1.05 bits per heavy atom. The van der Waals surface area contributed by atoms with Crippen molar-refractivity contribution in [1.82, 2.24) is 5.32 Å². The predicted octanol–water partition coefficient (Wildman–Crippen LogP) is 3.48. The van der Waals surface area contributed by atoms with Crippen LogP contribution in [0, 0.1) is 0 Å². The molecule has 116 valence electrons. The van der Waals surface area contributed by atoms with Gasteiger partial charge in [-0.2, -0.15) is 0 Å². The van der Waals surface area contributed by atoms with Crippen LogP contribution < -0.4 is 10.6 Å². The van der Waals surface area contributed by atoms with Gasteiger partial charge >= 0.3 is 6.03 Å². The van der Waals surface area contributed by atoms with Crippen LogP contribution in [0.3, 0.4) is 0 Å². The minimum atomic E-state index is -2.59. The number of carbonyl (C=O) groups is 1. The van der Waals surface area contributed by atoms with Crippen molar-refractivity contribution in [2.75, 3.05) is 11.9 Å². The van der Waals surface area contributed by atoms with Crippen LogP contribution in [-0.4, -0.2) is 17.7 Å². The molecular weight excluding hydrogens is 290 g/mol. The van der Waals surface area contributed by atoms with Gasteiger partial charge in [-0.3, -0.25) is 0 Å². The van der Waals surface area contributed by atoms with Crippen molar-refractivity contribution in [1.29, 1.82) is 0 Å². The summed E-state index contributed by atoms with van der Waals surface area (Å²) in [6, 6.07) is 13.8. The van der Waals surface area contributed by atoms with Crippen LogP contribution in [0.4, 0.5) is 19.3 Å². The van der Waals surface area contributed by atoms with E-state index in [4.69, 9.17) is 0 Å². The summed E-state index contributed by atoms with van der Waals surface area (Å²) in [6.07, 6.45) is -3.43. The number of aliphatic hydroxyl groups excluding tert-OH is 1. The number of nitrogens with one attached hydrogen (secondary N) is 2. The van der Waals surface area contributed by atoms with Crippen molar-refractivity contribution in [2.45, 2.75) is 12.5 Å². The topological polar surface area (TPSA) is 61.4 Å². The van der Waals surface area contributed by atoms with Gasteiger partial charge in [-0.15, -0.1) is 0 Å². The van der Waals surface area contributed by atoms with Gasteiger partial charge in [0.2, 0.25) is 0 Å². The molecule has 2 amide bonds. The van der Waals surface area contributed by atoms with Crippen LogP contribution in [0.15, 0.2) is 54.6 Å². The lowest BCUT2D eigenvalue weighted by molar-refractivity contribution is 0.151. The van der Waals surface area contributed by atoms with Gasteiger partial charge in [-0.1, -0.05) is 42.5 Å². The molecule has 6 heteroatoms. The molecule has 22 heavy (non-hydrogen) atoms. The Morgan fingerprint density at radius 3 is 2.41 bits per heavy atom. The maximum absolute atomic E-state index is 12.6. The van der Waals surface area contributed by atoms with E-state index in [1.54, 1.807) is 24.3 Å². The highest BCUT2D eigenvalue weighted by Gasteiger charge is 2.11. The van der Waals surface area contributed by atoms with E-state index < -0.39 is 18.6 Å². The van der Waals surface area contributed by atoms with Crippen molar-refractivity contribution in [3.63, 3.8) is 0 Å². The molecule has 3 N–H and O–H groups in total. The van der Waals surface area contributed by atoms with Gasteiger partial charge in [0.25, 0.3) is 6.43 Å². The zero-order valence-electron chi connectivity index (χ0n) is 11.7. The van der Waals surface area contributed by atoms with Crippen LogP contribution in [-0.2, 0) is 0 Å². The number of benzene rings is 2. The summed E-state index contributed by atoms with van der Waals surface area (Å²) in [7, 11) is 0.